The number of nitrogens with zero attached hydrogens (tertiary/aromatic N) is 4. The highest BCUT2D eigenvalue weighted by molar-refractivity contribution is 7.89. The molecule has 0 radical (unpaired) electrons. The van der Waals surface area contributed by atoms with Gasteiger partial charge in [-0.3, -0.25) is 0 Å². The van der Waals surface area contributed by atoms with Crippen molar-refractivity contribution in [2.45, 2.75) is 44.4 Å². The first kappa shape index (κ1) is 23.6. The van der Waals surface area contributed by atoms with Crippen molar-refractivity contribution in [1.82, 2.24) is 24.5 Å². The highest BCUT2D eigenvalue weighted by atomic mass is 32.2. The van der Waals surface area contributed by atoms with Crippen molar-refractivity contribution in [3.63, 3.8) is 0 Å². The molecule has 0 aromatic carbocycles. The van der Waals surface area contributed by atoms with Crippen LogP contribution >= 0.6 is 0 Å². The van der Waals surface area contributed by atoms with E-state index in [9.17, 15) is 16.8 Å². The molecule has 3 N–H and O–H groups in total. The van der Waals surface area contributed by atoms with Crippen molar-refractivity contribution in [1.29, 1.82) is 0 Å². The van der Waals surface area contributed by atoms with Gasteiger partial charge in [0.1, 0.15) is 5.65 Å². The quantitative estimate of drug-likeness (QED) is 0.519. The third-order valence-corrected chi connectivity index (χ3v) is 10.2. The summed E-state index contributed by atoms with van der Waals surface area (Å²) in [6.07, 6.45) is 10.1. The van der Waals surface area contributed by atoms with Gasteiger partial charge in [0.25, 0.3) is 0 Å². The summed E-state index contributed by atoms with van der Waals surface area (Å²) in [7, 11) is -7.07. The number of aromatic amines is 1. The third-order valence-electron chi connectivity index (χ3n) is 7.26. The second-order valence-corrected chi connectivity index (χ2v) is 13.4. The zero-order chi connectivity index (χ0) is 23.9. The second-order valence-electron chi connectivity index (χ2n) is 9.75. The molecule has 0 bridgehead atoms. The van der Waals surface area contributed by atoms with Crippen molar-refractivity contribution in [2.24, 2.45) is 17.0 Å². The van der Waals surface area contributed by atoms with Crippen LogP contribution < -0.4 is 5.14 Å². The maximum atomic E-state index is 13.1. The Hall–Kier alpha value is -2.15. The maximum absolute atomic E-state index is 13.1. The number of aromatic nitrogens is 4. The Kier molecular flexibility index (Phi) is 6.34. The van der Waals surface area contributed by atoms with Gasteiger partial charge >= 0.3 is 0 Å². The van der Waals surface area contributed by atoms with E-state index in [-0.39, 0.29) is 35.8 Å². The summed E-state index contributed by atoms with van der Waals surface area (Å²) in [4.78, 5) is 7.59. The van der Waals surface area contributed by atoms with Gasteiger partial charge in [0.05, 0.1) is 23.4 Å². The summed E-state index contributed by atoms with van der Waals surface area (Å²) in [5.41, 5.74) is 1.79. The Balaban J connectivity index is 1.26. The first-order valence-electron chi connectivity index (χ1n) is 11.8. The fourth-order valence-electron chi connectivity index (χ4n) is 5.65. The number of primary sulfonamides is 1. The molecule has 5 rings (SSSR count). The SMILES string of the molecule is NS(=O)(=O)CC1CCCN(S(=O)(=O)CC2CCC(c3nncc4cnc5[nH]ccc5c34)CC2)C1. The van der Waals surface area contributed by atoms with Gasteiger partial charge in [-0.05, 0) is 56.4 Å². The minimum Gasteiger partial charge on any atom is -0.346 e. The molecule has 1 aliphatic carbocycles. The van der Waals surface area contributed by atoms with Gasteiger partial charge in [-0.25, -0.2) is 31.3 Å². The number of fused-ring (bicyclic) bond motifs is 3. The molecule has 10 nitrogen and oxygen atoms in total. The predicted octanol–water partition coefficient (Wildman–Crippen LogP) is 2.11. The lowest BCUT2D eigenvalue weighted by Gasteiger charge is -2.34. The van der Waals surface area contributed by atoms with Crippen LogP contribution in [0.4, 0.5) is 0 Å². The molecule has 34 heavy (non-hydrogen) atoms. The molecule has 1 saturated heterocycles. The lowest BCUT2D eigenvalue weighted by atomic mass is 9.80. The Morgan fingerprint density at radius 1 is 1.03 bits per heavy atom. The number of H-pyrrole nitrogens is 1. The van der Waals surface area contributed by atoms with Gasteiger partial charge < -0.3 is 4.98 Å². The average Bonchev–Trinajstić information content (AvgIpc) is 3.27. The van der Waals surface area contributed by atoms with E-state index in [0.29, 0.717) is 19.4 Å². The van der Waals surface area contributed by atoms with Crippen LogP contribution in [-0.2, 0) is 20.0 Å². The highest BCUT2D eigenvalue weighted by Gasteiger charge is 2.34. The van der Waals surface area contributed by atoms with Gasteiger partial charge in [0.15, 0.2) is 0 Å². The molecule has 1 aliphatic heterocycles. The van der Waals surface area contributed by atoms with Gasteiger partial charge in [-0.1, -0.05) is 0 Å². The van der Waals surface area contributed by atoms with E-state index in [1.807, 2.05) is 18.5 Å². The molecule has 2 aliphatic rings. The minimum atomic E-state index is -3.62. The Morgan fingerprint density at radius 2 is 1.82 bits per heavy atom. The molecule has 0 amide bonds. The van der Waals surface area contributed by atoms with Crippen molar-refractivity contribution < 1.29 is 16.8 Å². The smallest absolute Gasteiger partial charge is 0.214 e. The summed E-state index contributed by atoms with van der Waals surface area (Å²) in [5.74, 6) is 0.00951. The van der Waals surface area contributed by atoms with Crippen LogP contribution in [0.1, 0.15) is 50.1 Å². The molecule has 0 spiro atoms. The number of rotatable bonds is 6. The lowest BCUT2D eigenvalue weighted by Crippen LogP contribution is -2.44. The molecular weight excluding hydrogens is 476 g/mol. The first-order chi connectivity index (χ1) is 16.2. The zero-order valence-electron chi connectivity index (χ0n) is 18.9. The van der Waals surface area contributed by atoms with E-state index < -0.39 is 20.0 Å². The molecule has 184 valence electrons. The van der Waals surface area contributed by atoms with Gasteiger partial charge in [-0.2, -0.15) is 10.2 Å². The fraction of sp³-hybridized carbons (Fsp3) is 0.591. The average molecular weight is 507 g/mol. The van der Waals surface area contributed by atoms with Gasteiger partial charge in [0, 0.05) is 47.6 Å². The number of hydrogen-bond donors (Lipinski definition) is 2. The third kappa shape index (κ3) is 4.95. The van der Waals surface area contributed by atoms with Crippen LogP contribution in [0, 0.1) is 11.8 Å². The standard InChI is InChI=1S/C22H30N6O4S2/c23-33(29,30)13-16-2-1-9-28(12-16)34(31,32)14-15-3-5-17(6-4-15)21-20-18(11-26-27-21)10-25-22-19(20)7-8-24-22/h7-8,10-11,15-17H,1-6,9,12-14H2,(H,24,25)(H2,23,29,30). The number of pyridine rings is 1. The highest BCUT2D eigenvalue weighted by Crippen LogP contribution is 2.39. The molecule has 2 fully saturated rings. The Morgan fingerprint density at radius 3 is 2.59 bits per heavy atom. The summed E-state index contributed by atoms with van der Waals surface area (Å²) in [6, 6.07) is 2.01. The number of sulfonamides is 2. The van der Waals surface area contributed by atoms with Crippen molar-refractivity contribution in [3.8, 4) is 0 Å². The van der Waals surface area contributed by atoms with E-state index in [1.165, 1.54) is 4.31 Å². The summed E-state index contributed by atoms with van der Waals surface area (Å²) in [5, 5.41) is 16.9. The summed E-state index contributed by atoms with van der Waals surface area (Å²) in [6.45, 7) is 0.686. The first-order valence-corrected chi connectivity index (χ1v) is 15.1. The van der Waals surface area contributed by atoms with E-state index in [0.717, 1.165) is 53.2 Å². The van der Waals surface area contributed by atoms with Crippen molar-refractivity contribution in [3.05, 3.63) is 30.4 Å². The van der Waals surface area contributed by atoms with Crippen LogP contribution in [0.25, 0.3) is 21.8 Å². The lowest BCUT2D eigenvalue weighted by molar-refractivity contribution is 0.276. The van der Waals surface area contributed by atoms with E-state index in [2.05, 4.69) is 20.2 Å². The molecule has 12 heteroatoms. The van der Waals surface area contributed by atoms with Crippen molar-refractivity contribution >= 4 is 41.9 Å². The van der Waals surface area contributed by atoms with Gasteiger partial charge in [-0.15, -0.1) is 0 Å². The molecule has 4 heterocycles. The molecular formula is C22H30N6O4S2. The molecule has 1 atom stereocenters. The maximum Gasteiger partial charge on any atom is 0.214 e. The monoisotopic (exact) mass is 506 g/mol. The van der Waals surface area contributed by atoms with Crippen LogP contribution in [0.15, 0.2) is 24.7 Å². The largest absolute Gasteiger partial charge is 0.346 e. The molecule has 3 aromatic heterocycles. The fourth-order valence-corrected chi connectivity index (χ4v) is 8.56. The Labute approximate surface area is 199 Å². The molecule has 1 saturated carbocycles. The van der Waals surface area contributed by atoms with E-state index >= 15 is 0 Å². The summed E-state index contributed by atoms with van der Waals surface area (Å²) < 4.78 is 50.6. The van der Waals surface area contributed by atoms with Crippen LogP contribution in [0.2, 0.25) is 0 Å². The van der Waals surface area contributed by atoms with E-state index in [4.69, 9.17) is 5.14 Å². The molecule has 1 unspecified atom stereocenters. The summed E-state index contributed by atoms with van der Waals surface area (Å²) >= 11 is 0. The number of nitrogens with one attached hydrogen (secondary N) is 1. The minimum absolute atomic E-state index is 0.0803. The second kappa shape index (κ2) is 9.14. The zero-order valence-corrected chi connectivity index (χ0v) is 20.6. The predicted molar refractivity (Wildman–Crippen MR) is 130 cm³/mol. The van der Waals surface area contributed by atoms with Crippen molar-refractivity contribution in [2.75, 3.05) is 24.6 Å². The number of nitrogens with two attached hydrogens (primary N) is 1. The topological polar surface area (TPSA) is 152 Å². The Bertz CT molecular complexity index is 1400. The normalized spacial score (nSPS) is 25.1. The van der Waals surface area contributed by atoms with E-state index in [1.54, 1.807) is 6.20 Å². The van der Waals surface area contributed by atoms with Gasteiger partial charge in [0.2, 0.25) is 20.0 Å². The number of hydrogen-bond acceptors (Lipinski definition) is 7. The number of piperidine rings is 1. The van der Waals surface area contributed by atoms with Crippen LogP contribution in [0.3, 0.4) is 0 Å². The van der Waals surface area contributed by atoms with Crippen LogP contribution in [0.5, 0.6) is 0 Å². The van der Waals surface area contributed by atoms with Crippen LogP contribution in [-0.4, -0.2) is 65.9 Å². The molecule has 3 aromatic rings.